The van der Waals surface area contributed by atoms with Gasteiger partial charge < -0.3 is 10.1 Å². The number of carbonyl (C=O) groups is 1. The number of H-pyrrole nitrogens is 1. The van der Waals surface area contributed by atoms with Crippen LogP contribution in [0.4, 0.5) is 0 Å². The minimum Gasteiger partial charge on any atom is -0.477 e. The quantitative estimate of drug-likeness (QED) is 0.651. The Kier molecular flexibility index (Phi) is 1.71. The Bertz CT molecular complexity index is 700. The molecule has 0 saturated heterocycles. The topological polar surface area (TPSA) is 66.0 Å². The summed E-state index contributed by atoms with van der Waals surface area (Å²) in [5.41, 5.74) is 1.05. The number of pyridine rings is 1. The molecule has 2 heterocycles. The fourth-order valence-corrected chi connectivity index (χ4v) is 1.89. The Morgan fingerprint density at radius 2 is 2.06 bits per heavy atom. The van der Waals surface area contributed by atoms with Gasteiger partial charge in [0.2, 0.25) is 0 Å². The molecular weight excluding hydrogens is 204 g/mol. The van der Waals surface area contributed by atoms with Crippen LogP contribution in [0.15, 0.2) is 36.7 Å². The van der Waals surface area contributed by atoms with Gasteiger partial charge in [-0.15, -0.1) is 0 Å². The largest absolute Gasteiger partial charge is 0.477 e. The van der Waals surface area contributed by atoms with Gasteiger partial charge in [-0.2, -0.15) is 0 Å². The molecule has 0 fully saturated rings. The lowest BCUT2D eigenvalue weighted by atomic mass is 10.1. The highest BCUT2D eigenvalue weighted by molar-refractivity contribution is 6.07. The van der Waals surface area contributed by atoms with Crippen LogP contribution < -0.4 is 0 Å². The maximum absolute atomic E-state index is 10.9. The summed E-state index contributed by atoms with van der Waals surface area (Å²) in [4.78, 5) is 17.8. The van der Waals surface area contributed by atoms with Gasteiger partial charge in [0, 0.05) is 28.6 Å². The second kappa shape index (κ2) is 3.06. The number of fused-ring (bicyclic) bond motifs is 3. The highest BCUT2D eigenvalue weighted by Crippen LogP contribution is 2.24. The molecule has 0 aliphatic heterocycles. The maximum atomic E-state index is 10.9. The molecule has 4 heteroatoms. The van der Waals surface area contributed by atoms with Crippen molar-refractivity contribution < 1.29 is 9.90 Å². The van der Waals surface area contributed by atoms with E-state index in [4.69, 9.17) is 5.11 Å². The second-order valence-electron chi connectivity index (χ2n) is 3.61. The number of aromatic amines is 1. The van der Waals surface area contributed by atoms with Gasteiger partial charge >= 0.3 is 5.97 Å². The van der Waals surface area contributed by atoms with Gasteiger partial charge in [-0.25, -0.2) is 4.79 Å². The number of rotatable bonds is 1. The molecule has 0 aliphatic carbocycles. The predicted molar refractivity (Wildman–Crippen MR) is 60.6 cm³/mol. The summed E-state index contributed by atoms with van der Waals surface area (Å²) in [7, 11) is 0. The number of aromatic nitrogens is 2. The first-order chi connectivity index (χ1) is 7.75. The number of carboxylic acids is 1. The number of hydrogen-bond donors (Lipinski definition) is 2. The first-order valence-corrected chi connectivity index (χ1v) is 4.84. The highest BCUT2D eigenvalue weighted by Gasteiger charge is 2.09. The van der Waals surface area contributed by atoms with E-state index < -0.39 is 5.97 Å². The van der Waals surface area contributed by atoms with Crippen LogP contribution in [0.25, 0.3) is 21.7 Å². The van der Waals surface area contributed by atoms with Crippen LogP contribution in [0.1, 0.15) is 10.5 Å². The first kappa shape index (κ1) is 8.91. The molecule has 0 atom stereocenters. The number of nitrogens with zero attached hydrogens (tertiary/aromatic N) is 1. The minimum atomic E-state index is -0.946. The van der Waals surface area contributed by atoms with Crippen LogP contribution in [0.3, 0.4) is 0 Å². The lowest BCUT2D eigenvalue weighted by Gasteiger charge is -1.97. The molecule has 2 aromatic heterocycles. The van der Waals surface area contributed by atoms with Gasteiger partial charge in [-0.1, -0.05) is 12.1 Å². The van der Waals surface area contributed by atoms with Crippen molar-refractivity contribution in [2.24, 2.45) is 0 Å². The Morgan fingerprint density at radius 3 is 2.88 bits per heavy atom. The fourth-order valence-electron chi connectivity index (χ4n) is 1.89. The molecule has 3 aromatic rings. The van der Waals surface area contributed by atoms with Crippen LogP contribution >= 0.6 is 0 Å². The number of benzene rings is 1. The second-order valence-corrected chi connectivity index (χ2v) is 3.61. The molecule has 0 amide bonds. The smallest absolute Gasteiger partial charge is 0.352 e. The van der Waals surface area contributed by atoms with Crippen molar-refractivity contribution in [3.63, 3.8) is 0 Å². The summed E-state index contributed by atoms with van der Waals surface area (Å²) in [6, 6.07) is 7.34. The average molecular weight is 212 g/mol. The SMILES string of the molecule is O=C(O)c1cc2ccc3cnccc3c2[nH]1. The van der Waals surface area contributed by atoms with Crippen molar-refractivity contribution in [3.05, 3.63) is 42.4 Å². The van der Waals surface area contributed by atoms with E-state index in [1.807, 2.05) is 18.2 Å². The summed E-state index contributed by atoms with van der Waals surface area (Å²) in [5.74, 6) is -0.946. The van der Waals surface area contributed by atoms with E-state index in [9.17, 15) is 4.79 Å². The highest BCUT2D eigenvalue weighted by atomic mass is 16.4. The molecule has 16 heavy (non-hydrogen) atoms. The van der Waals surface area contributed by atoms with E-state index in [2.05, 4.69) is 9.97 Å². The van der Waals surface area contributed by atoms with Gasteiger partial charge in [0.25, 0.3) is 0 Å². The standard InChI is InChI=1S/C12H8N2O2/c15-12(16)10-5-7-1-2-8-6-13-4-3-9(8)11(7)14-10/h1-6,14H,(H,15,16). The third-order valence-corrected chi connectivity index (χ3v) is 2.64. The normalized spacial score (nSPS) is 11.0. The monoisotopic (exact) mass is 212 g/mol. The zero-order valence-corrected chi connectivity index (χ0v) is 8.27. The summed E-state index contributed by atoms with van der Waals surface area (Å²) in [5, 5.41) is 11.8. The maximum Gasteiger partial charge on any atom is 0.352 e. The van der Waals surface area contributed by atoms with Crippen LogP contribution in [0.5, 0.6) is 0 Å². The fraction of sp³-hybridized carbons (Fsp3) is 0. The molecule has 2 N–H and O–H groups in total. The summed E-state index contributed by atoms with van der Waals surface area (Å²) in [6.07, 6.45) is 3.46. The van der Waals surface area contributed by atoms with Gasteiger partial charge in [0.1, 0.15) is 5.69 Å². The van der Waals surface area contributed by atoms with Crippen LogP contribution in [0, 0.1) is 0 Å². The number of nitrogens with one attached hydrogen (secondary N) is 1. The van der Waals surface area contributed by atoms with Gasteiger partial charge in [0.05, 0.1) is 5.52 Å². The average Bonchev–Trinajstić information content (AvgIpc) is 2.73. The molecule has 0 aliphatic rings. The Balaban J connectivity index is 2.46. The number of aromatic carboxylic acids is 1. The number of hydrogen-bond acceptors (Lipinski definition) is 2. The molecular formula is C12H8N2O2. The predicted octanol–water partition coefficient (Wildman–Crippen LogP) is 2.41. The molecule has 3 rings (SSSR count). The van der Waals surface area contributed by atoms with E-state index in [0.717, 1.165) is 21.7 Å². The number of carboxylic acid groups (broad SMARTS) is 1. The zero-order chi connectivity index (χ0) is 11.1. The van der Waals surface area contributed by atoms with Crippen LogP contribution in [-0.4, -0.2) is 21.0 Å². The van der Waals surface area contributed by atoms with Crippen LogP contribution in [-0.2, 0) is 0 Å². The van der Waals surface area contributed by atoms with E-state index in [-0.39, 0.29) is 5.69 Å². The van der Waals surface area contributed by atoms with E-state index in [1.165, 1.54) is 0 Å². The van der Waals surface area contributed by atoms with Crippen molar-refractivity contribution in [3.8, 4) is 0 Å². The first-order valence-electron chi connectivity index (χ1n) is 4.84. The van der Waals surface area contributed by atoms with E-state index in [1.54, 1.807) is 18.5 Å². The molecule has 78 valence electrons. The Morgan fingerprint density at radius 1 is 1.25 bits per heavy atom. The molecule has 0 unspecified atom stereocenters. The third-order valence-electron chi connectivity index (χ3n) is 2.64. The zero-order valence-electron chi connectivity index (χ0n) is 8.27. The molecule has 0 bridgehead atoms. The third kappa shape index (κ3) is 1.16. The molecule has 0 radical (unpaired) electrons. The molecule has 0 spiro atoms. The summed E-state index contributed by atoms with van der Waals surface area (Å²) >= 11 is 0. The molecule has 4 nitrogen and oxygen atoms in total. The van der Waals surface area contributed by atoms with Gasteiger partial charge in [-0.3, -0.25) is 4.98 Å². The Labute approximate surface area is 90.5 Å². The Hall–Kier alpha value is -2.36. The minimum absolute atomic E-state index is 0.208. The van der Waals surface area contributed by atoms with Crippen molar-refractivity contribution in [2.45, 2.75) is 0 Å². The van der Waals surface area contributed by atoms with Crippen molar-refractivity contribution in [1.82, 2.24) is 9.97 Å². The van der Waals surface area contributed by atoms with Crippen molar-refractivity contribution in [2.75, 3.05) is 0 Å². The van der Waals surface area contributed by atoms with Gasteiger partial charge in [0.15, 0.2) is 0 Å². The summed E-state index contributed by atoms with van der Waals surface area (Å²) < 4.78 is 0. The lowest BCUT2D eigenvalue weighted by molar-refractivity contribution is 0.0691. The molecule has 1 aromatic carbocycles. The van der Waals surface area contributed by atoms with Crippen molar-refractivity contribution >= 4 is 27.6 Å². The van der Waals surface area contributed by atoms with Gasteiger partial charge in [-0.05, 0) is 12.1 Å². The summed E-state index contributed by atoms with van der Waals surface area (Å²) in [6.45, 7) is 0. The van der Waals surface area contributed by atoms with Crippen LogP contribution in [0.2, 0.25) is 0 Å². The van der Waals surface area contributed by atoms with E-state index in [0.29, 0.717) is 0 Å². The van der Waals surface area contributed by atoms with E-state index >= 15 is 0 Å². The lowest BCUT2D eigenvalue weighted by Crippen LogP contribution is -1.94. The van der Waals surface area contributed by atoms with Crippen molar-refractivity contribution in [1.29, 1.82) is 0 Å². The molecule has 0 saturated carbocycles.